The van der Waals surface area contributed by atoms with Crippen LogP contribution in [0.1, 0.15) is 11.3 Å². The average molecular weight is 244 g/mol. The fourth-order valence-electron chi connectivity index (χ4n) is 1.42. The van der Waals surface area contributed by atoms with E-state index in [0.717, 1.165) is 0 Å². The minimum Gasteiger partial charge on any atom is -0.372 e. The van der Waals surface area contributed by atoms with Crippen LogP contribution in [0.25, 0.3) is 0 Å². The lowest BCUT2D eigenvalue weighted by molar-refractivity contribution is -0.384. The molecule has 1 aromatic heterocycles. The van der Waals surface area contributed by atoms with E-state index in [1.54, 1.807) is 6.07 Å². The lowest BCUT2D eigenvalue weighted by Crippen LogP contribution is -2.02. The van der Waals surface area contributed by atoms with Crippen LogP contribution in [0.4, 0.5) is 11.4 Å². The van der Waals surface area contributed by atoms with E-state index in [0.29, 0.717) is 11.3 Å². The van der Waals surface area contributed by atoms with Crippen molar-refractivity contribution in [3.8, 4) is 6.07 Å². The summed E-state index contributed by atoms with van der Waals surface area (Å²) in [4.78, 5) is 10.3. The van der Waals surface area contributed by atoms with Gasteiger partial charge in [0.05, 0.1) is 29.3 Å². The van der Waals surface area contributed by atoms with E-state index in [4.69, 9.17) is 9.78 Å². The molecule has 0 aliphatic carbocycles. The Labute approximate surface area is 102 Å². The molecule has 7 heteroatoms. The van der Waals surface area contributed by atoms with Gasteiger partial charge in [-0.25, -0.2) is 0 Å². The average Bonchev–Trinajstić information content (AvgIpc) is 2.88. The van der Waals surface area contributed by atoms with Crippen molar-refractivity contribution >= 4 is 11.4 Å². The van der Waals surface area contributed by atoms with Gasteiger partial charge in [-0.15, -0.1) is 0 Å². The third-order valence-corrected chi connectivity index (χ3v) is 2.27. The number of nitrogens with zero attached hydrogens (tertiary/aromatic N) is 3. The minimum atomic E-state index is -0.510. The molecule has 0 amide bonds. The van der Waals surface area contributed by atoms with Crippen molar-refractivity contribution in [1.29, 1.82) is 5.26 Å². The van der Waals surface area contributed by atoms with Crippen LogP contribution in [0, 0.1) is 21.4 Å². The Hall–Kier alpha value is -2.88. The van der Waals surface area contributed by atoms with Crippen LogP contribution in [0.5, 0.6) is 0 Å². The highest BCUT2D eigenvalue weighted by molar-refractivity contribution is 5.64. The Kier molecular flexibility index (Phi) is 3.20. The van der Waals surface area contributed by atoms with Gasteiger partial charge in [0.2, 0.25) is 0 Å². The van der Waals surface area contributed by atoms with Crippen LogP contribution < -0.4 is 5.32 Å². The lowest BCUT2D eigenvalue weighted by Gasteiger charge is -2.05. The first-order valence-corrected chi connectivity index (χ1v) is 5.02. The first-order chi connectivity index (χ1) is 8.70. The Bertz CT molecular complexity index is 601. The van der Waals surface area contributed by atoms with E-state index < -0.39 is 4.92 Å². The van der Waals surface area contributed by atoms with Crippen LogP contribution in [0.15, 0.2) is 35.0 Å². The van der Waals surface area contributed by atoms with Crippen molar-refractivity contribution < 1.29 is 9.45 Å². The molecular formula is C11H8N4O3. The largest absolute Gasteiger partial charge is 0.372 e. The third kappa shape index (κ3) is 2.44. The van der Waals surface area contributed by atoms with Gasteiger partial charge in [-0.2, -0.15) is 5.26 Å². The summed E-state index contributed by atoms with van der Waals surface area (Å²) in [5, 5.41) is 26.0. The predicted octanol–water partition coefficient (Wildman–Crippen LogP) is 2.07. The number of rotatable bonds is 4. The van der Waals surface area contributed by atoms with Gasteiger partial charge in [-0.1, -0.05) is 5.16 Å². The molecule has 90 valence electrons. The summed E-state index contributed by atoms with van der Waals surface area (Å²) >= 11 is 0. The van der Waals surface area contributed by atoms with E-state index in [-0.39, 0.29) is 17.9 Å². The third-order valence-electron chi connectivity index (χ3n) is 2.27. The summed E-state index contributed by atoms with van der Waals surface area (Å²) in [7, 11) is 0. The number of nitrogens with one attached hydrogen (secondary N) is 1. The molecular weight excluding hydrogens is 236 g/mol. The molecule has 2 aromatic rings. The van der Waals surface area contributed by atoms with Crippen LogP contribution >= 0.6 is 0 Å². The van der Waals surface area contributed by atoms with E-state index in [2.05, 4.69) is 10.5 Å². The molecule has 0 aliphatic rings. The highest BCUT2D eigenvalue weighted by Gasteiger charge is 2.14. The maximum absolute atomic E-state index is 10.8. The van der Waals surface area contributed by atoms with Crippen molar-refractivity contribution in [2.45, 2.75) is 6.54 Å². The molecule has 1 aromatic carbocycles. The quantitative estimate of drug-likeness (QED) is 0.651. The van der Waals surface area contributed by atoms with Gasteiger partial charge in [0, 0.05) is 12.1 Å². The van der Waals surface area contributed by atoms with Gasteiger partial charge in [0.1, 0.15) is 5.69 Å². The standard InChI is InChI=1S/C11H8N4O3/c12-6-8-1-2-11(15(16)17)10(5-8)13-7-9-3-4-14-18-9/h1-5,13H,7H2. The summed E-state index contributed by atoms with van der Waals surface area (Å²) in [5.41, 5.74) is 0.532. The molecule has 0 bridgehead atoms. The highest BCUT2D eigenvalue weighted by Crippen LogP contribution is 2.25. The Balaban J connectivity index is 2.24. The van der Waals surface area contributed by atoms with Crippen molar-refractivity contribution in [3.63, 3.8) is 0 Å². The first-order valence-electron chi connectivity index (χ1n) is 5.02. The Morgan fingerprint density at radius 2 is 2.33 bits per heavy atom. The second-order valence-electron chi connectivity index (χ2n) is 3.43. The number of nitro benzene ring substituents is 1. The summed E-state index contributed by atoms with van der Waals surface area (Å²) < 4.78 is 4.86. The molecule has 0 aliphatic heterocycles. The molecule has 0 spiro atoms. The molecule has 0 saturated heterocycles. The van der Waals surface area contributed by atoms with Gasteiger partial charge < -0.3 is 9.84 Å². The number of nitriles is 1. The van der Waals surface area contributed by atoms with Gasteiger partial charge in [0.25, 0.3) is 5.69 Å². The Morgan fingerprint density at radius 1 is 1.50 bits per heavy atom. The molecule has 2 rings (SSSR count). The van der Waals surface area contributed by atoms with Gasteiger partial charge in [-0.3, -0.25) is 10.1 Å². The zero-order valence-corrected chi connectivity index (χ0v) is 9.16. The smallest absolute Gasteiger partial charge is 0.292 e. The van der Waals surface area contributed by atoms with E-state index in [1.807, 2.05) is 6.07 Å². The number of aromatic nitrogens is 1. The second kappa shape index (κ2) is 4.97. The van der Waals surface area contributed by atoms with Crippen molar-refractivity contribution in [2.24, 2.45) is 0 Å². The fourth-order valence-corrected chi connectivity index (χ4v) is 1.42. The highest BCUT2D eigenvalue weighted by atomic mass is 16.6. The lowest BCUT2D eigenvalue weighted by atomic mass is 10.2. The summed E-state index contributed by atoms with van der Waals surface area (Å²) in [5.74, 6) is 0.548. The monoisotopic (exact) mass is 244 g/mol. The molecule has 0 saturated carbocycles. The van der Waals surface area contributed by atoms with Gasteiger partial charge in [-0.05, 0) is 12.1 Å². The van der Waals surface area contributed by atoms with Crippen LogP contribution in [0.3, 0.4) is 0 Å². The number of hydrogen-bond acceptors (Lipinski definition) is 6. The molecule has 7 nitrogen and oxygen atoms in total. The molecule has 0 atom stereocenters. The summed E-state index contributed by atoms with van der Waals surface area (Å²) in [6.45, 7) is 0.260. The number of nitro groups is 1. The van der Waals surface area contributed by atoms with E-state index in [9.17, 15) is 10.1 Å². The maximum atomic E-state index is 10.8. The molecule has 1 N–H and O–H groups in total. The SMILES string of the molecule is N#Cc1ccc([N+](=O)[O-])c(NCc2ccno2)c1. The normalized spacial score (nSPS) is 9.72. The number of benzene rings is 1. The van der Waals surface area contributed by atoms with Crippen LogP contribution in [0.2, 0.25) is 0 Å². The fraction of sp³-hybridized carbons (Fsp3) is 0.0909. The van der Waals surface area contributed by atoms with Gasteiger partial charge >= 0.3 is 0 Å². The van der Waals surface area contributed by atoms with Crippen molar-refractivity contribution in [1.82, 2.24) is 5.16 Å². The molecule has 0 radical (unpaired) electrons. The van der Waals surface area contributed by atoms with Gasteiger partial charge in [0.15, 0.2) is 5.76 Å². The van der Waals surface area contributed by atoms with Crippen molar-refractivity contribution in [3.05, 3.63) is 51.9 Å². The first kappa shape index (κ1) is 11.6. The van der Waals surface area contributed by atoms with Crippen LogP contribution in [-0.4, -0.2) is 10.1 Å². The summed E-state index contributed by atoms with van der Waals surface area (Å²) in [6.07, 6.45) is 1.48. The molecule has 0 unspecified atom stereocenters. The molecule has 18 heavy (non-hydrogen) atoms. The van der Waals surface area contributed by atoms with E-state index in [1.165, 1.54) is 24.4 Å². The van der Waals surface area contributed by atoms with Crippen LogP contribution in [-0.2, 0) is 6.54 Å². The van der Waals surface area contributed by atoms with Crippen molar-refractivity contribution in [2.75, 3.05) is 5.32 Å². The minimum absolute atomic E-state index is 0.0893. The zero-order chi connectivity index (χ0) is 13.0. The molecule has 0 fully saturated rings. The number of anilines is 1. The molecule has 1 heterocycles. The Morgan fingerprint density at radius 3 is 2.94 bits per heavy atom. The second-order valence-corrected chi connectivity index (χ2v) is 3.43. The van der Waals surface area contributed by atoms with E-state index >= 15 is 0 Å². The predicted molar refractivity (Wildman–Crippen MR) is 61.6 cm³/mol. The zero-order valence-electron chi connectivity index (χ0n) is 9.16. The number of hydrogen-bond donors (Lipinski definition) is 1. The summed E-state index contributed by atoms with van der Waals surface area (Å²) in [6, 6.07) is 7.69. The topological polar surface area (TPSA) is 105 Å². The maximum Gasteiger partial charge on any atom is 0.292 e.